The molecule has 0 saturated carbocycles. The Kier molecular flexibility index (Phi) is 9.18. The van der Waals surface area contributed by atoms with E-state index in [0.29, 0.717) is 0 Å². The lowest BCUT2D eigenvalue weighted by Gasteiger charge is -2.29. The van der Waals surface area contributed by atoms with Gasteiger partial charge in [0.05, 0.1) is 5.69 Å². The van der Waals surface area contributed by atoms with Crippen molar-refractivity contribution in [1.29, 1.82) is 0 Å². The van der Waals surface area contributed by atoms with Gasteiger partial charge < -0.3 is 14.2 Å². The molecule has 3 heteroatoms. The highest BCUT2D eigenvalue weighted by Gasteiger charge is 2.20. The van der Waals surface area contributed by atoms with Crippen LogP contribution in [-0.4, -0.2) is 0 Å². The van der Waals surface area contributed by atoms with Gasteiger partial charge in [-0.25, -0.2) is 0 Å². The maximum atomic E-state index is 6.34. The zero-order chi connectivity index (χ0) is 40.5. The van der Waals surface area contributed by atoms with Gasteiger partial charge in [0.15, 0.2) is 0 Å². The summed E-state index contributed by atoms with van der Waals surface area (Å²) in [5.74, 6) is 0. The molecule has 0 spiro atoms. The fourth-order valence-corrected chi connectivity index (χ4v) is 8.62. The van der Waals surface area contributed by atoms with Crippen molar-refractivity contribution in [3.8, 4) is 33.4 Å². The number of para-hydroxylation sites is 3. The van der Waals surface area contributed by atoms with Crippen LogP contribution in [0.2, 0.25) is 0 Å². The number of rotatable bonds is 9. The Balaban J connectivity index is 1.02. The third-order valence-corrected chi connectivity index (χ3v) is 11.6. The van der Waals surface area contributed by atoms with Gasteiger partial charge in [0.2, 0.25) is 0 Å². The number of benzene rings is 10. The molecule has 0 aliphatic carbocycles. The summed E-state index contributed by atoms with van der Waals surface area (Å²) >= 11 is 0. The van der Waals surface area contributed by atoms with E-state index in [9.17, 15) is 0 Å². The van der Waals surface area contributed by atoms with Crippen molar-refractivity contribution < 1.29 is 4.42 Å². The fraction of sp³-hybridized carbons (Fsp3) is 0. The Hall–Kier alpha value is -8.14. The summed E-state index contributed by atoms with van der Waals surface area (Å²) < 4.78 is 6.34. The summed E-state index contributed by atoms with van der Waals surface area (Å²) in [5.41, 5.74) is 15.2. The van der Waals surface area contributed by atoms with Crippen molar-refractivity contribution in [2.45, 2.75) is 0 Å². The molecule has 1 aromatic heterocycles. The molecule has 11 aromatic rings. The third kappa shape index (κ3) is 6.88. The summed E-state index contributed by atoms with van der Waals surface area (Å²) in [6.07, 6.45) is 0. The average Bonchev–Trinajstić information content (AvgIpc) is 3.71. The van der Waals surface area contributed by atoms with Gasteiger partial charge in [-0.2, -0.15) is 0 Å². The van der Waals surface area contributed by atoms with Gasteiger partial charge in [-0.1, -0.05) is 152 Å². The predicted molar refractivity (Wildman–Crippen MR) is 257 cm³/mol. The van der Waals surface area contributed by atoms with Crippen LogP contribution in [0.15, 0.2) is 247 Å². The summed E-state index contributed by atoms with van der Waals surface area (Å²) in [6, 6.07) is 86.6. The minimum Gasteiger partial charge on any atom is -0.456 e. The normalized spacial score (nSPS) is 11.3. The molecule has 1 heterocycles. The molecule has 0 aliphatic rings. The fourth-order valence-electron chi connectivity index (χ4n) is 8.62. The van der Waals surface area contributed by atoms with Gasteiger partial charge in [0.1, 0.15) is 11.2 Å². The highest BCUT2D eigenvalue weighted by atomic mass is 16.3. The molecule has 0 N–H and O–H groups in total. The molecule has 0 amide bonds. The van der Waals surface area contributed by atoms with Crippen molar-refractivity contribution in [3.63, 3.8) is 0 Å². The Morgan fingerprint density at radius 3 is 1.48 bits per heavy atom. The average molecular weight is 781 g/mol. The van der Waals surface area contributed by atoms with Gasteiger partial charge >= 0.3 is 0 Å². The molecule has 0 saturated heterocycles. The van der Waals surface area contributed by atoms with Gasteiger partial charge in [-0.15, -0.1) is 0 Å². The maximum absolute atomic E-state index is 6.34. The van der Waals surface area contributed by atoms with Crippen LogP contribution in [-0.2, 0) is 0 Å². The highest BCUT2D eigenvalue weighted by Crippen LogP contribution is 2.44. The first-order valence-corrected chi connectivity index (χ1v) is 20.7. The van der Waals surface area contributed by atoms with Crippen molar-refractivity contribution >= 4 is 66.8 Å². The molecular formula is C58H40N2O. The van der Waals surface area contributed by atoms with Crippen LogP contribution in [0.1, 0.15) is 0 Å². The molecule has 0 aliphatic heterocycles. The lowest BCUT2D eigenvalue weighted by atomic mass is 9.94. The standard InChI is InChI=1S/C58H40N2O/c1-4-14-41(15-5-1)43-26-33-51(34-27-43)60(49-20-8-3-9-21-49)56-37-30-46(39-55(56)47-25-24-42-16-10-11-17-45(42)38-47)44-28-31-50(32-29-44)59(48-18-6-2-7-19-48)52-35-36-54-53-22-12-13-23-57(53)61-58(54)40-52/h1-40H. The molecule has 11 rings (SSSR count). The number of hydrogen-bond acceptors (Lipinski definition) is 3. The van der Waals surface area contributed by atoms with Crippen LogP contribution in [0, 0.1) is 0 Å². The van der Waals surface area contributed by atoms with E-state index in [4.69, 9.17) is 4.42 Å². The van der Waals surface area contributed by atoms with E-state index in [-0.39, 0.29) is 0 Å². The van der Waals surface area contributed by atoms with Crippen LogP contribution < -0.4 is 9.80 Å². The second-order valence-electron chi connectivity index (χ2n) is 15.4. The van der Waals surface area contributed by atoms with E-state index in [1.54, 1.807) is 0 Å². The molecule has 288 valence electrons. The molecule has 0 atom stereocenters. The second kappa shape index (κ2) is 15.6. The summed E-state index contributed by atoms with van der Waals surface area (Å²) in [7, 11) is 0. The largest absolute Gasteiger partial charge is 0.456 e. The molecular weight excluding hydrogens is 741 g/mol. The van der Waals surface area contributed by atoms with Crippen molar-refractivity contribution in [2.24, 2.45) is 0 Å². The SMILES string of the molecule is c1ccc(-c2ccc(N(c3ccccc3)c3ccc(-c4ccc(N(c5ccccc5)c5ccc6c(c5)oc5ccccc56)cc4)cc3-c3ccc4ccccc4c3)cc2)cc1. The van der Waals surface area contributed by atoms with E-state index in [2.05, 4.69) is 240 Å². The van der Waals surface area contributed by atoms with E-state index in [1.807, 2.05) is 12.1 Å². The van der Waals surface area contributed by atoms with E-state index in [0.717, 1.165) is 78.3 Å². The topological polar surface area (TPSA) is 19.6 Å². The Morgan fingerprint density at radius 1 is 0.262 bits per heavy atom. The number of furan rings is 1. The lowest BCUT2D eigenvalue weighted by Crippen LogP contribution is -2.11. The van der Waals surface area contributed by atoms with Gasteiger partial charge in [0, 0.05) is 50.8 Å². The zero-order valence-corrected chi connectivity index (χ0v) is 33.4. The van der Waals surface area contributed by atoms with Crippen molar-refractivity contribution in [1.82, 2.24) is 0 Å². The molecule has 0 bridgehead atoms. The summed E-state index contributed by atoms with van der Waals surface area (Å²) in [5, 5.41) is 4.67. The van der Waals surface area contributed by atoms with Gasteiger partial charge in [0.25, 0.3) is 0 Å². The molecule has 61 heavy (non-hydrogen) atoms. The van der Waals surface area contributed by atoms with Gasteiger partial charge in [-0.3, -0.25) is 0 Å². The van der Waals surface area contributed by atoms with E-state index in [1.165, 1.54) is 21.9 Å². The van der Waals surface area contributed by atoms with E-state index >= 15 is 0 Å². The first-order valence-electron chi connectivity index (χ1n) is 20.7. The zero-order valence-electron chi connectivity index (χ0n) is 33.4. The van der Waals surface area contributed by atoms with Crippen LogP contribution in [0.3, 0.4) is 0 Å². The second-order valence-corrected chi connectivity index (χ2v) is 15.4. The van der Waals surface area contributed by atoms with E-state index < -0.39 is 0 Å². The third-order valence-electron chi connectivity index (χ3n) is 11.6. The molecule has 0 fully saturated rings. The Bertz CT molecular complexity index is 3280. The Morgan fingerprint density at radius 2 is 0.754 bits per heavy atom. The molecule has 0 radical (unpaired) electrons. The smallest absolute Gasteiger partial charge is 0.137 e. The Labute approximate surface area is 355 Å². The minimum absolute atomic E-state index is 0.870. The predicted octanol–water partition coefficient (Wildman–Crippen LogP) is 16.7. The van der Waals surface area contributed by atoms with Gasteiger partial charge in [-0.05, 0) is 124 Å². The number of nitrogens with zero attached hydrogens (tertiary/aromatic N) is 2. The number of fused-ring (bicyclic) bond motifs is 4. The summed E-state index contributed by atoms with van der Waals surface area (Å²) in [6.45, 7) is 0. The monoisotopic (exact) mass is 780 g/mol. The first kappa shape index (κ1) is 36.0. The van der Waals surface area contributed by atoms with Crippen LogP contribution >= 0.6 is 0 Å². The number of anilines is 6. The highest BCUT2D eigenvalue weighted by molar-refractivity contribution is 6.06. The minimum atomic E-state index is 0.870. The number of hydrogen-bond donors (Lipinski definition) is 0. The van der Waals surface area contributed by atoms with Crippen molar-refractivity contribution in [2.75, 3.05) is 9.80 Å². The summed E-state index contributed by atoms with van der Waals surface area (Å²) in [4.78, 5) is 4.67. The lowest BCUT2D eigenvalue weighted by molar-refractivity contribution is 0.669. The van der Waals surface area contributed by atoms with Crippen LogP contribution in [0.5, 0.6) is 0 Å². The van der Waals surface area contributed by atoms with Crippen LogP contribution in [0.25, 0.3) is 66.1 Å². The maximum Gasteiger partial charge on any atom is 0.137 e. The van der Waals surface area contributed by atoms with Crippen LogP contribution in [0.4, 0.5) is 34.1 Å². The molecule has 3 nitrogen and oxygen atoms in total. The molecule has 0 unspecified atom stereocenters. The first-order chi connectivity index (χ1) is 30.2. The molecule has 10 aromatic carbocycles. The quantitative estimate of drug-likeness (QED) is 0.145. The van der Waals surface area contributed by atoms with Crippen molar-refractivity contribution in [3.05, 3.63) is 243 Å².